The van der Waals surface area contributed by atoms with Gasteiger partial charge in [-0.05, 0) is 59.1 Å². The minimum atomic E-state index is -0.172. The maximum absolute atomic E-state index is 13.2. The van der Waals surface area contributed by atoms with Crippen LogP contribution in [0.3, 0.4) is 0 Å². The monoisotopic (exact) mass is 243 g/mol. The number of fused-ring (bicyclic) bond motifs is 1. The Morgan fingerprint density at radius 3 is 3.08 bits per heavy atom. The van der Waals surface area contributed by atoms with E-state index in [1.54, 1.807) is 6.07 Å². The number of hydrogen-bond acceptors (Lipinski definition) is 1. The van der Waals surface area contributed by atoms with E-state index in [0.29, 0.717) is 4.47 Å². The van der Waals surface area contributed by atoms with Crippen LogP contribution in [0.15, 0.2) is 16.6 Å². The lowest BCUT2D eigenvalue weighted by Crippen LogP contribution is -2.27. The highest BCUT2D eigenvalue weighted by atomic mass is 79.9. The van der Waals surface area contributed by atoms with Gasteiger partial charge in [-0.15, -0.1) is 0 Å². The lowest BCUT2D eigenvalue weighted by Gasteiger charge is -2.24. The van der Waals surface area contributed by atoms with Crippen LogP contribution in [0, 0.1) is 5.82 Å². The number of halogens is 2. The van der Waals surface area contributed by atoms with Gasteiger partial charge >= 0.3 is 0 Å². The molecule has 0 saturated carbocycles. The minimum Gasteiger partial charge on any atom is -0.310 e. The maximum Gasteiger partial charge on any atom is 0.137 e. The van der Waals surface area contributed by atoms with Crippen molar-refractivity contribution in [2.24, 2.45) is 0 Å². The first kappa shape index (κ1) is 9.16. The Labute approximate surface area is 85.5 Å². The molecule has 0 aliphatic carbocycles. The summed E-state index contributed by atoms with van der Waals surface area (Å²) >= 11 is 3.20. The van der Waals surface area contributed by atoms with E-state index in [9.17, 15) is 4.39 Å². The summed E-state index contributed by atoms with van der Waals surface area (Å²) in [6.07, 6.45) is 0.985. The smallest absolute Gasteiger partial charge is 0.137 e. The third-order valence-electron chi connectivity index (χ3n) is 2.49. The van der Waals surface area contributed by atoms with Gasteiger partial charge in [-0.2, -0.15) is 0 Å². The summed E-state index contributed by atoms with van der Waals surface area (Å²) in [5, 5.41) is 3.30. The third-order valence-corrected chi connectivity index (χ3v) is 3.10. The van der Waals surface area contributed by atoms with Crippen molar-refractivity contribution in [3.05, 3.63) is 33.5 Å². The van der Waals surface area contributed by atoms with E-state index in [2.05, 4.69) is 28.2 Å². The third kappa shape index (κ3) is 1.63. The van der Waals surface area contributed by atoms with Crippen molar-refractivity contribution in [1.82, 2.24) is 5.32 Å². The van der Waals surface area contributed by atoms with E-state index >= 15 is 0 Å². The molecule has 0 unspecified atom stereocenters. The molecule has 2 rings (SSSR count). The van der Waals surface area contributed by atoms with Crippen LogP contribution in [0.2, 0.25) is 0 Å². The number of rotatable bonds is 0. The second-order valence-electron chi connectivity index (χ2n) is 3.39. The molecule has 1 heterocycles. The molecule has 3 heteroatoms. The first-order chi connectivity index (χ1) is 6.18. The second kappa shape index (κ2) is 3.39. The number of nitrogens with one attached hydrogen (secondary N) is 1. The summed E-state index contributed by atoms with van der Waals surface area (Å²) < 4.78 is 13.8. The average molecular weight is 244 g/mol. The second-order valence-corrected chi connectivity index (χ2v) is 4.25. The quantitative estimate of drug-likeness (QED) is 0.739. The van der Waals surface area contributed by atoms with Crippen LogP contribution in [0.5, 0.6) is 0 Å². The van der Waals surface area contributed by atoms with Gasteiger partial charge in [-0.1, -0.05) is 0 Å². The largest absolute Gasteiger partial charge is 0.310 e. The van der Waals surface area contributed by atoms with Crippen molar-refractivity contribution in [3.63, 3.8) is 0 Å². The van der Waals surface area contributed by atoms with Gasteiger partial charge in [0.25, 0.3) is 0 Å². The van der Waals surface area contributed by atoms with Crippen molar-refractivity contribution in [2.45, 2.75) is 19.4 Å². The molecule has 0 spiro atoms. The molecule has 0 amide bonds. The average Bonchev–Trinajstić information content (AvgIpc) is 2.09. The van der Waals surface area contributed by atoms with Crippen LogP contribution in [0.1, 0.15) is 24.1 Å². The number of benzene rings is 1. The van der Waals surface area contributed by atoms with Crippen LogP contribution < -0.4 is 5.32 Å². The standard InChI is InChI=1S/C10H11BrFN/c1-6-8-5-10(12)9(11)4-7(8)2-3-13-6/h4-6,13H,2-3H2,1H3/t6-/m1/s1. The van der Waals surface area contributed by atoms with E-state index in [-0.39, 0.29) is 11.9 Å². The van der Waals surface area contributed by atoms with E-state index < -0.39 is 0 Å². The summed E-state index contributed by atoms with van der Waals surface area (Å²) in [4.78, 5) is 0. The molecule has 1 atom stereocenters. The summed E-state index contributed by atoms with van der Waals surface area (Å²) in [7, 11) is 0. The first-order valence-electron chi connectivity index (χ1n) is 4.39. The lowest BCUT2D eigenvalue weighted by molar-refractivity contribution is 0.531. The van der Waals surface area contributed by atoms with Crippen molar-refractivity contribution >= 4 is 15.9 Å². The predicted octanol–water partition coefficient (Wildman–Crippen LogP) is 2.79. The minimum absolute atomic E-state index is 0.172. The van der Waals surface area contributed by atoms with Crippen LogP contribution in [-0.2, 0) is 6.42 Å². The van der Waals surface area contributed by atoms with Crippen LogP contribution in [0.25, 0.3) is 0 Å². The molecular weight excluding hydrogens is 233 g/mol. The Balaban J connectivity index is 2.52. The Hall–Kier alpha value is -0.410. The van der Waals surface area contributed by atoms with Gasteiger partial charge in [-0.3, -0.25) is 0 Å². The molecule has 1 nitrogen and oxygen atoms in total. The van der Waals surface area contributed by atoms with E-state index in [1.165, 1.54) is 5.56 Å². The highest BCUT2D eigenvalue weighted by Gasteiger charge is 2.17. The zero-order valence-electron chi connectivity index (χ0n) is 7.40. The van der Waals surface area contributed by atoms with E-state index in [4.69, 9.17) is 0 Å². The molecule has 70 valence electrons. The molecule has 0 radical (unpaired) electrons. The molecule has 0 saturated heterocycles. The SMILES string of the molecule is C[C@H]1NCCc2cc(Br)c(F)cc21. The molecule has 1 aromatic rings. The number of hydrogen-bond donors (Lipinski definition) is 1. The normalized spacial score (nSPS) is 21.3. The fraction of sp³-hybridized carbons (Fsp3) is 0.400. The molecule has 0 aromatic heterocycles. The van der Waals surface area contributed by atoms with Gasteiger partial charge in [-0.25, -0.2) is 4.39 Å². The van der Waals surface area contributed by atoms with E-state index in [1.807, 2.05) is 6.07 Å². The van der Waals surface area contributed by atoms with Gasteiger partial charge in [0, 0.05) is 6.04 Å². The highest BCUT2D eigenvalue weighted by Crippen LogP contribution is 2.27. The molecule has 1 aromatic carbocycles. The summed E-state index contributed by atoms with van der Waals surface area (Å²) in [5.41, 5.74) is 2.34. The molecule has 0 fully saturated rings. The Morgan fingerprint density at radius 1 is 1.54 bits per heavy atom. The van der Waals surface area contributed by atoms with Crippen LogP contribution in [0.4, 0.5) is 4.39 Å². The molecule has 1 N–H and O–H groups in total. The fourth-order valence-electron chi connectivity index (χ4n) is 1.76. The summed E-state index contributed by atoms with van der Waals surface area (Å²) in [5.74, 6) is -0.172. The maximum atomic E-state index is 13.2. The van der Waals surface area contributed by atoms with Gasteiger partial charge in [0.1, 0.15) is 5.82 Å². The first-order valence-corrected chi connectivity index (χ1v) is 5.19. The van der Waals surface area contributed by atoms with Crippen molar-refractivity contribution in [3.8, 4) is 0 Å². The fourth-order valence-corrected chi connectivity index (χ4v) is 2.15. The lowest BCUT2D eigenvalue weighted by atomic mass is 9.95. The molecule has 1 aliphatic rings. The van der Waals surface area contributed by atoms with Crippen LogP contribution >= 0.6 is 15.9 Å². The topological polar surface area (TPSA) is 12.0 Å². The van der Waals surface area contributed by atoms with Gasteiger partial charge < -0.3 is 5.32 Å². The Morgan fingerprint density at radius 2 is 2.31 bits per heavy atom. The van der Waals surface area contributed by atoms with Gasteiger partial charge in [0.2, 0.25) is 0 Å². The van der Waals surface area contributed by atoms with Gasteiger partial charge in [0.15, 0.2) is 0 Å². The Bertz CT molecular complexity index is 338. The van der Waals surface area contributed by atoms with Crippen molar-refractivity contribution in [2.75, 3.05) is 6.54 Å². The van der Waals surface area contributed by atoms with Crippen molar-refractivity contribution in [1.29, 1.82) is 0 Å². The predicted molar refractivity (Wildman–Crippen MR) is 54.2 cm³/mol. The van der Waals surface area contributed by atoms with Crippen molar-refractivity contribution < 1.29 is 4.39 Å². The molecular formula is C10H11BrFN. The highest BCUT2D eigenvalue weighted by molar-refractivity contribution is 9.10. The summed E-state index contributed by atoms with van der Waals surface area (Å²) in [6, 6.07) is 3.78. The summed E-state index contributed by atoms with van der Waals surface area (Å²) in [6.45, 7) is 3.04. The zero-order chi connectivity index (χ0) is 9.42. The van der Waals surface area contributed by atoms with E-state index in [0.717, 1.165) is 18.5 Å². The molecule has 1 aliphatic heterocycles. The molecule has 0 bridgehead atoms. The Kier molecular flexibility index (Phi) is 2.39. The van der Waals surface area contributed by atoms with Crippen LogP contribution in [-0.4, -0.2) is 6.54 Å². The zero-order valence-corrected chi connectivity index (χ0v) is 8.99. The van der Waals surface area contributed by atoms with Gasteiger partial charge in [0.05, 0.1) is 4.47 Å². The molecule has 13 heavy (non-hydrogen) atoms.